The fourth-order valence-electron chi connectivity index (χ4n) is 2.26. The molecule has 0 saturated heterocycles. The minimum Gasteiger partial charge on any atom is -0.493 e. The first-order valence-corrected chi connectivity index (χ1v) is 9.38. The molecule has 0 atom stereocenters. The molecule has 156 valence electrons. The Balaban J connectivity index is 2.31. The Morgan fingerprint density at radius 2 is 1.90 bits per heavy atom. The molecule has 1 N–H and O–H groups in total. The average Bonchev–Trinajstić information content (AvgIpc) is 2.73. The predicted molar refractivity (Wildman–Crippen MR) is 114 cm³/mol. The number of ether oxygens (including phenoxy) is 3. The van der Waals surface area contributed by atoms with E-state index < -0.39 is 11.9 Å². The SMILES string of the molecule is COC(=O)COc1c(Cl)cc(/C=C(/C#N)C(=O)Nc2cccc(Cl)c2Cl)cc1OC. The number of nitriles is 1. The Bertz CT molecular complexity index is 1050. The summed E-state index contributed by atoms with van der Waals surface area (Å²) in [6, 6.07) is 9.49. The van der Waals surface area contributed by atoms with Crippen LogP contribution in [0.25, 0.3) is 6.08 Å². The number of nitrogens with zero attached hydrogens (tertiary/aromatic N) is 1. The summed E-state index contributed by atoms with van der Waals surface area (Å²) >= 11 is 18.2. The maximum absolute atomic E-state index is 12.5. The Morgan fingerprint density at radius 1 is 1.17 bits per heavy atom. The molecule has 7 nitrogen and oxygen atoms in total. The molecule has 2 aromatic rings. The smallest absolute Gasteiger partial charge is 0.343 e. The lowest BCUT2D eigenvalue weighted by atomic mass is 10.1. The van der Waals surface area contributed by atoms with Crippen molar-refractivity contribution in [2.24, 2.45) is 0 Å². The van der Waals surface area contributed by atoms with Crippen LogP contribution < -0.4 is 14.8 Å². The molecule has 0 unspecified atom stereocenters. The molecule has 10 heteroatoms. The number of methoxy groups -OCH3 is 2. The van der Waals surface area contributed by atoms with Gasteiger partial charge in [0.25, 0.3) is 5.91 Å². The van der Waals surface area contributed by atoms with E-state index in [0.717, 1.165) is 0 Å². The summed E-state index contributed by atoms with van der Waals surface area (Å²) in [6.07, 6.45) is 1.31. The summed E-state index contributed by atoms with van der Waals surface area (Å²) in [5, 5.41) is 12.5. The molecule has 0 aliphatic heterocycles. The van der Waals surface area contributed by atoms with Gasteiger partial charge >= 0.3 is 5.97 Å². The number of anilines is 1. The largest absolute Gasteiger partial charge is 0.493 e. The zero-order chi connectivity index (χ0) is 22.3. The van der Waals surface area contributed by atoms with Gasteiger partial charge in [0.05, 0.1) is 35.0 Å². The number of benzene rings is 2. The molecule has 0 aliphatic carbocycles. The van der Waals surface area contributed by atoms with Gasteiger partial charge in [0.1, 0.15) is 11.6 Å². The van der Waals surface area contributed by atoms with Gasteiger partial charge in [0.2, 0.25) is 0 Å². The van der Waals surface area contributed by atoms with Crippen LogP contribution in [-0.4, -0.2) is 32.7 Å². The molecule has 0 aromatic heterocycles. The van der Waals surface area contributed by atoms with Crippen LogP contribution >= 0.6 is 34.8 Å². The molecule has 0 aliphatic rings. The quantitative estimate of drug-likeness (QED) is 0.357. The number of amides is 1. The minimum absolute atomic E-state index is 0.111. The van der Waals surface area contributed by atoms with E-state index in [4.69, 9.17) is 44.3 Å². The zero-order valence-corrected chi connectivity index (χ0v) is 18.1. The summed E-state index contributed by atoms with van der Waals surface area (Å²) in [6.45, 7) is -0.367. The predicted octanol–water partition coefficient (Wildman–Crippen LogP) is 4.75. The van der Waals surface area contributed by atoms with Gasteiger partial charge in [-0.2, -0.15) is 5.26 Å². The van der Waals surface area contributed by atoms with Gasteiger partial charge in [-0.15, -0.1) is 0 Å². The van der Waals surface area contributed by atoms with E-state index in [1.807, 2.05) is 6.07 Å². The highest BCUT2D eigenvalue weighted by Gasteiger charge is 2.16. The van der Waals surface area contributed by atoms with Crippen LogP contribution in [-0.2, 0) is 14.3 Å². The van der Waals surface area contributed by atoms with Gasteiger partial charge in [-0.3, -0.25) is 4.79 Å². The Hall–Kier alpha value is -2.92. The molecule has 0 fully saturated rings. The second-order valence-corrected chi connectivity index (χ2v) is 6.82. The third-order valence-electron chi connectivity index (χ3n) is 3.69. The van der Waals surface area contributed by atoms with Crippen LogP contribution in [0.15, 0.2) is 35.9 Å². The van der Waals surface area contributed by atoms with Crippen molar-refractivity contribution in [3.8, 4) is 17.6 Å². The van der Waals surface area contributed by atoms with Crippen LogP contribution in [0.5, 0.6) is 11.5 Å². The Kier molecular flexibility index (Phi) is 8.36. The number of hydrogen-bond donors (Lipinski definition) is 1. The third kappa shape index (κ3) is 5.80. The number of nitrogens with one attached hydrogen (secondary N) is 1. The summed E-state index contributed by atoms with van der Waals surface area (Å²) in [5.41, 5.74) is 0.441. The van der Waals surface area contributed by atoms with Crippen molar-refractivity contribution in [3.63, 3.8) is 0 Å². The number of carbonyl (C=O) groups is 2. The second-order valence-electron chi connectivity index (χ2n) is 5.62. The van der Waals surface area contributed by atoms with Crippen molar-refractivity contribution in [1.29, 1.82) is 5.26 Å². The van der Waals surface area contributed by atoms with Crippen LogP contribution in [0.1, 0.15) is 5.56 Å². The molecule has 0 saturated carbocycles. The van der Waals surface area contributed by atoms with Gasteiger partial charge in [0.15, 0.2) is 18.1 Å². The first kappa shape index (κ1) is 23.4. The molecule has 0 spiro atoms. The third-order valence-corrected chi connectivity index (χ3v) is 4.79. The average molecular weight is 470 g/mol. The van der Waals surface area contributed by atoms with Crippen LogP contribution in [0.4, 0.5) is 5.69 Å². The highest BCUT2D eigenvalue weighted by molar-refractivity contribution is 6.44. The molecule has 0 heterocycles. The number of rotatable bonds is 7. The first-order valence-electron chi connectivity index (χ1n) is 8.25. The minimum atomic E-state index is -0.692. The molecule has 0 bridgehead atoms. The van der Waals surface area contributed by atoms with E-state index in [0.29, 0.717) is 5.56 Å². The monoisotopic (exact) mass is 468 g/mol. The van der Waals surface area contributed by atoms with Gasteiger partial charge in [0, 0.05) is 0 Å². The highest BCUT2D eigenvalue weighted by Crippen LogP contribution is 2.37. The fraction of sp³-hybridized carbons (Fsp3) is 0.150. The van der Waals surface area contributed by atoms with E-state index in [1.165, 1.54) is 32.4 Å². The van der Waals surface area contributed by atoms with E-state index in [1.54, 1.807) is 18.2 Å². The van der Waals surface area contributed by atoms with Crippen LogP contribution in [0.3, 0.4) is 0 Å². The fourth-order valence-corrected chi connectivity index (χ4v) is 2.88. The van der Waals surface area contributed by atoms with Crippen molar-refractivity contribution in [2.75, 3.05) is 26.1 Å². The lowest BCUT2D eigenvalue weighted by molar-refractivity contribution is -0.142. The lowest BCUT2D eigenvalue weighted by Gasteiger charge is -2.13. The number of esters is 1. The molecule has 2 rings (SSSR count). The molecule has 0 radical (unpaired) electrons. The van der Waals surface area contributed by atoms with Crippen LogP contribution in [0.2, 0.25) is 15.1 Å². The molecule has 2 aromatic carbocycles. The van der Waals surface area contributed by atoms with Crippen molar-refractivity contribution < 1.29 is 23.8 Å². The normalized spacial score (nSPS) is 10.7. The van der Waals surface area contributed by atoms with E-state index in [9.17, 15) is 14.9 Å². The summed E-state index contributed by atoms with van der Waals surface area (Å²) < 4.78 is 15.1. The van der Waals surface area contributed by atoms with Gasteiger partial charge < -0.3 is 19.5 Å². The number of hydrogen-bond acceptors (Lipinski definition) is 6. The maximum Gasteiger partial charge on any atom is 0.343 e. The number of halogens is 3. The van der Waals surface area contributed by atoms with Crippen molar-refractivity contribution in [1.82, 2.24) is 0 Å². The maximum atomic E-state index is 12.5. The molecule has 30 heavy (non-hydrogen) atoms. The van der Waals surface area contributed by atoms with E-state index in [2.05, 4.69) is 10.1 Å². The van der Waals surface area contributed by atoms with Crippen LogP contribution in [0, 0.1) is 11.3 Å². The zero-order valence-electron chi connectivity index (χ0n) is 15.8. The topological polar surface area (TPSA) is 97.7 Å². The number of carbonyl (C=O) groups excluding carboxylic acids is 2. The Labute approximate surface area is 187 Å². The van der Waals surface area contributed by atoms with Gasteiger partial charge in [-0.25, -0.2) is 4.79 Å². The van der Waals surface area contributed by atoms with Crippen molar-refractivity contribution in [3.05, 3.63) is 56.5 Å². The van der Waals surface area contributed by atoms with E-state index in [-0.39, 0.29) is 44.4 Å². The summed E-state index contributed by atoms with van der Waals surface area (Å²) in [7, 11) is 2.60. The van der Waals surface area contributed by atoms with Crippen molar-refractivity contribution in [2.45, 2.75) is 0 Å². The standard InChI is InChI=1S/C20H15Cl3N2O5/c1-28-16-8-11(7-14(22)19(16)30-10-17(26)29-2)6-12(9-24)20(27)25-15-5-3-4-13(21)18(15)23/h3-8H,10H2,1-2H3,(H,25,27)/b12-6-. The highest BCUT2D eigenvalue weighted by atomic mass is 35.5. The van der Waals surface area contributed by atoms with E-state index >= 15 is 0 Å². The lowest BCUT2D eigenvalue weighted by Crippen LogP contribution is -2.14. The molecular formula is C20H15Cl3N2O5. The van der Waals surface area contributed by atoms with Gasteiger partial charge in [-0.05, 0) is 35.9 Å². The molecular weight excluding hydrogens is 455 g/mol. The first-order chi connectivity index (χ1) is 14.3. The van der Waals surface area contributed by atoms with Crippen molar-refractivity contribution >= 4 is 58.4 Å². The Morgan fingerprint density at radius 3 is 2.53 bits per heavy atom. The van der Waals surface area contributed by atoms with Gasteiger partial charge in [-0.1, -0.05) is 40.9 Å². The second kappa shape index (κ2) is 10.7. The molecule has 1 amide bonds. The summed E-state index contributed by atoms with van der Waals surface area (Å²) in [5.74, 6) is -0.966. The summed E-state index contributed by atoms with van der Waals surface area (Å²) in [4.78, 5) is 23.8.